The highest BCUT2D eigenvalue weighted by Crippen LogP contribution is 2.33. The molecule has 0 unspecified atom stereocenters. The van der Waals surface area contributed by atoms with Gasteiger partial charge in [0.2, 0.25) is 5.82 Å². The van der Waals surface area contributed by atoms with E-state index in [1.165, 1.54) is 12.1 Å². The number of allylic oxidation sites excluding steroid dienone is 1. The molecule has 0 fully saturated rings. The quantitative estimate of drug-likeness (QED) is 0.839. The highest BCUT2D eigenvalue weighted by Gasteiger charge is 2.33. The highest BCUT2D eigenvalue weighted by atomic mass is 19.4. The van der Waals surface area contributed by atoms with Crippen LogP contribution in [-0.4, -0.2) is 20.6 Å². The van der Waals surface area contributed by atoms with Gasteiger partial charge in [-0.1, -0.05) is 0 Å². The van der Waals surface area contributed by atoms with Crippen LogP contribution in [0.15, 0.2) is 24.4 Å². The summed E-state index contributed by atoms with van der Waals surface area (Å²) in [6.07, 6.45) is -3.51. The van der Waals surface area contributed by atoms with Gasteiger partial charge in [0.15, 0.2) is 0 Å². The molecule has 0 spiro atoms. The molecule has 0 aliphatic carbocycles. The predicted octanol–water partition coefficient (Wildman–Crippen LogP) is 2.07. The molecule has 0 amide bonds. The van der Waals surface area contributed by atoms with Gasteiger partial charge in [0.25, 0.3) is 0 Å². The van der Waals surface area contributed by atoms with Gasteiger partial charge in [0.1, 0.15) is 11.6 Å². The van der Waals surface area contributed by atoms with Crippen molar-refractivity contribution in [3.05, 3.63) is 41.4 Å². The van der Waals surface area contributed by atoms with Crippen molar-refractivity contribution in [2.45, 2.75) is 6.18 Å². The molecule has 0 aliphatic heterocycles. The molecule has 2 rings (SSSR count). The van der Waals surface area contributed by atoms with Crippen molar-refractivity contribution in [2.24, 2.45) is 0 Å². The lowest BCUT2D eigenvalue weighted by molar-refractivity contribution is -0.137. The van der Waals surface area contributed by atoms with Crippen LogP contribution in [0.2, 0.25) is 0 Å². The van der Waals surface area contributed by atoms with Crippen LogP contribution >= 0.6 is 0 Å². The molecule has 1 heterocycles. The molecule has 2 aromatic rings. The molecular formula is C12H6F3N7. The molecule has 110 valence electrons. The summed E-state index contributed by atoms with van der Waals surface area (Å²) in [5.41, 5.74) is -1.51. The number of aromatic nitrogens is 4. The summed E-state index contributed by atoms with van der Waals surface area (Å²) in [6.45, 7) is 0. The number of nitrogens with zero attached hydrogens (tertiary/aromatic N) is 5. The molecule has 0 radical (unpaired) electrons. The average molecular weight is 305 g/mol. The lowest BCUT2D eigenvalue weighted by Crippen LogP contribution is -2.08. The maximum Gasteiger partial charge on any atom is 0.417 e. The molecule has 7 nitrogen and oxygen atoms in total. The first-order valence-corrected chi connectivity index (χ1v) is 5.67. The van der Waals surface area contributed by atoms with E-state index in [4.69, 9.17) is 10.5 Å². The van der Waals surface area contributed by atoms with Gasteiger partial charge in [-0.2, -0.15) is 28.9 Å². The van der Waals surface area contributed by atoms with Crippen LogP contribution < -0.4 is 5.32 Å². The SMILES string of the molecule is N#CC(=CNc1ccc(C#N)c(C(F)(F)F)c1)c1nn[nH]n1. The average Bonchev–Trinajstić information content (AvgIpc) is 3.01. The van der Waals surface area contributed by atoms with Gasteiger partial charge in [-0.05, 0) is 23.4 Å². The summed E-state index contributed by atoms with van der Waals surface area (Å²) in [6, 6.07) is 6.37. The van der Waals surface area contributed by atoms with Crippen LogP contribution in [0.1, 0.15) is 17.0 Å². The van der Waals surface area contributed by atoms with Gasteiger partial charge in [0.05, 0.1) is 17.2 Å². The fraction of sp³-hybridized carbons (Fsp3) is 0.0833. The Morgan fingerprint density at radius 2 is 2.09 bits per heavy atom. The minimum atomic E-state index is -4.65. The van der Waals surface area contributed by atoms with E-state index in [0.717, 1.165) is 18.3 Å². The highest BCUT2D eigenvalue weighted by molar-refractivity contribution is 5.74. The number of aromatic amines is 1. The van der Waals surface area contributed by atoms with Gasteiger partial charge < -0.3 is 5.32 Å². The standard InChI is InChI=1S/C12H6F3N7/c13-12(14,15)10-3-9(2-1-7(10)4-16)18-6-8(5-17)11-19-21-22-20-11/h1-3,6,18H,(H,19,20,21,22). The van der Waals surface area contributed by atoms with Crippen molar-refractivity contribution < 1.29 is 13.2 Å². The maximum atomic E-state index is 12.8. The van der Waals surface area contributed by atoms with Crippen molar-refractivity contribution in [3.8, 4) is 12.1 Å². The van der Waals surface area contributed by atoms with E-state index < -0.39 is 17.3 Å². The first-order chi connectivity index (χ1) is 10.5. The summed E-state index contributed by atoms with van der Waals surface area (Å²) >= 11 is 0. The van der Waals surface area contributed by atoms with Crippen molar-refractivity contribution in [1.29, 1.82) is 10.5 Å². The Bertz CT molecular complexity index is 779. The van der Waals surface area contributed by atoms with Crippen LogP contribution in [0.4, 0.5) is 18.9 Å². The Hall–Kier alpha value is -3.40. The summed E-state index contributed by atoms with van der Waals surface area (Å²) in [5.74, 6) is -0.000287. The van der Waals surface area contributed by atoms with E-state index in [-0.39, 0.29) is 17.1 Å². The molecular weight excluding hydrogens is 299 g/mol. The largest absolute Gasteiger partial charge is 0.417 e. The third kappa shape index (κ3) is 3.19. The number of alkyl halides is 3. The van der Waals surface area contributed by atoms with Gasteiger partial charge >= 0.3 is 6.18 Å². The van der Waals surface area contributed by atoms with E-state index in [2.05, 4.69) is 25.9 Å². The molecule has 0 saturated carbocycles. The number of hydrogen-bond donors (Lipinski definition) is 2. The molecule has 0 bridgehead atoms. The van der Waals surface area contributed by atoms with E-state index in [1.807, 2.05) is 0 Å². The first-order valence-electron chi connectivity index (χ1n) is 5.67. The second-order valence-corrected chi connectivity index (χ2v) is 3.92. The second kappa shape index (κ2) is 5.93. The van der Waals surface area contributed by atoms with Crippen LogP contribution in [0, 0.1) is 22.7 Å². The molecule has 22 heavy (non-hydrogen) atoms. The monoisotopic (exact) mass is 305 g/mol. The number of H-pyrrole nitrogens is 1. The lowest BCUT2D eigenvalue weighted by atomic mass is 10.1. The van der Waals surface area contributed by atoms with Crippen LogP contribution in [-0.2, 0) is 6.18 Å². The number of nitrogens with one attached hydrogen (secondary N) is 2. The topological polar surface area (TPSA) is 114 Å². The number of halogens is 3. The number of benzene rings is 1. The van der Waals surface area contributed by atoms with E-state index in [1.54, 1.807) is 6.07 Å². The maximum absolute atomic E-state index is 12.8. The third-order valence-electron chi connectivity index (χ3n) is 2.54. The Labute approximate surface area is 121 Å². The number of anilines is 1. The van der Waals surface area contributed by atoms with E-state index in [0.29, 0.717) is 0 Å². The van der Waals surface area contributed by atoms with Crippen molar-refractivity contribution in [2.75, 3.05) is 5.32 Å². The zero-order valence-electron chi connectivity index (χ0n) is 10.7. The van der Waals surface area contributed by atoms with Crippen LogP contribution in [0.3, 0.4) is 0 Å². The zero-order valence-corrected chi connectivity index (χ0v) is 10.7. The van der Waals surface area contributed by atoms with E-state index in [9.17, 15) is 13.2 Å². The van der Waals surface area contributed by atoms with Crippen LogP contribution in [0.25, 0.3) is 5.57 Å². The van der Waals surface area contributed by atoms with Crippen molar-refractivity contribution in [1.82, 2.24) is 20.6 Å². The molecule has 2 N–H and O–H groups in total. The Morgan fingerprint density at radius 1 is 1.32 bits per heavy atom. The van der Waals surface area contributed by atoms with Gasteiger partial charge in [-0.25, -0.2) is 0 Å². The smallest absolute Gasteiger partial charge is 0.360 e. The van der Waals surface area contributed by atoms with Crippen LogP contribution in [0.5, 0.6) is 0 Å². The fourth-order valence-electron chi connectivity index (χ4n) is 1.54. The molecule has 0 aliphatic rings. The summed E-state index contributed by atoms with van der Waals surface area (Å²) < 4.78 is 38.5. The number of rotatable bonds is 3. The Morgan fingerprint density at radius 3 is 2.64 bits per heavy atom. The molecule has 0 saturated heterocycles. The van der Waals surface area contributed by atoms with Gasteiger partial charge in [-0.15, -0.1) is 10.2 Å². The minimum Gasteiger partial charge on any atom is -0.360 e. The van der Waals surface area contributed by atoms with E-state index >= 15 is 0 Å². The number of nitriles is 2. The normalized spacial score (nSPS) is 11.6. The summed E-state index contributed by atoms with van der Waals surface area (Å²) in [5, 5.41) is 32.8. The zero-order chi connectivity index (χ0) is 16.2. The predicted molar refractivity (Wildman–Crippen MR) is 67.5 cm³/mol. The summed E-state index contributed by atoms with van der Waals surface area (Å²) in [7, 11) is 0. The second-order valence-electron chi connectivity index (χ2n) is 3.92. The molecule has 10 heteroatoms. The summed E-state index contributed by atoms with van der Waals surface area (Å²) in [4.78, 5) is 0. The molecule has 1 aromatic heterocycles. The fourth-order valence-corrected chi connectivity index (χ4v) is 1.54. The Balaban J connectivity index is 2.32. The number of tetrazole rings is 1. The van der Waals surface area contributed by atoms with Gasteiger partial charge in [0, 0.05) is 11.9 Å². The molecule has 0 atom stereocenters. The van der Waals surface area contributed by atoms with Crippen molar-refractivity contribution in [3.63, 3.8) is 0 Å². The Kier molecular flexibility index (Phi) is 4.04. The molecule has 1 aromatic carbocycles. The lowest BCUT2D eigenvalue weighted by Gasteiger charge is -2.10. The first kappa shape index (κ1) is 15.0. The van der Waals surface area contributed by atoms with Crippen molar-refractivity contribution >= 4 is 11.3 Å². The third-order valence-corrected chi connectivity index (χ3v) is 2.54. The van der Waals surface area contributed by atoms with Gasteiger partial charge in [-0.3, -0.25) is 0 Å². The number of hydrogen-bond acceptors (Lipinski definition) is 6. The minimum absolute atomic E-state index is 0.000287.